The molecule has 0 spiro atoms. The third kappa shape index (κ3) is 3.75. The second kappa shape index (κ2) is 7.59. The van der Waals surface area contributed by atoms with E-state index >= 15 is 0 Å². The fraction of sp³-hybridized carbons (Fsp3) is 0.250. The van der Waals surface area contributed by atoms with Crippen LogP contribution in [0.15, 0.2) is 42.5 Å². The first kappa shape index (κ1) is 17.8. The first-order valence-corrected chi connectivity index (χ1v) is 8.98. The number of carbonyl (C=O) groups is 3. The fourth-order valence-electron chi connectivity index (χ4n) is 3.17. The number of hydrogen-bond acceptors (Lipinski definition) is 5. The molecule has 2 aliphatic heterocycles. The van der Waals surface area contributed by atoms with E-state index in [2.05, 4.69) is 10.6 Å². The van der Waals surface area contributed by atoms with Gasteiger partial charge in [0.05, 0.1) is 0 Å². The van der Waals surface area contributed by atoms with Gasteiger partial charge in [0.25, 0.3) is 0 Å². The van der Waals surface area contributed by atoms with Crippen molar-refractivity contribution in [2.75, 3.05) is 23.6 Å². The molecule has 4 rings (SSSR count). The molecule has 0 saturated carbocycles. The number of benzene rings is 2. The number of nitrogens with zero attached hydrogens (tertiary/aromatic N) is 1. The van der Waals surface area contributed by atoms with Gasteiger partial charge >= 0.3 is 11.8 Å². The van der Waals surface area contributed by atoms with E-state index < -0.39 is 11.8 Å². The normalized spacial score (nSPS) is 14.9. The zero-order valence-corrected chi connectivity index (χ0v) is 15.1. The van der Waals surface area contributed by atoms with Crippen LogP contribution in [0.25, 0.3) is 0 Å². The van der Waals surface area contributed by atoms with E-state index in [1.165, 1.54) is 0 Å². The molecule has 0 aromatic heterocycles. The molecule has 28 heavy (non-hydrogen) atoms. The molecule has 1 saturated heterocycles. The van der Waals surface area contributed by atoms with Crippen molar-refractivity contribution < 1.29 is 23.9 Å². The molecule has 2 N–H and O–H groups in total. The van der Waals surface area contributed by atoms with Gasteiger partial charge in [-0.1, -0.05) is 12.1 Å². The molecule has 0 bridgehead atoms. The number of carbonyl (C=O) groups excluding carboxylic acids is 3. The number of rotatable bonds is 4. The van der Waals surface area contributed by atoms with E-state index in [0.29, 0.717) is 35.8 Å². The first-order chi connectivity index (χ1) is 13.6. The van der Waals surface area contributed by atoms with Crippen LogP contribution in [0.1, 0.15) is 18.4 Å². The van der Waals surface area contributed by atoms with Gasteiger partial charge in [0, 0.05) is 30.9 Å². The second-order valence-electron chi connectivity index (χ2n) is 6.52. The molecule has 8 heteroatoms. The third-order valence-corrected chi connectivity index (χ3v) is 4.59. The molecule has 1 fully saturated rings. The Morgan fingerprint density at radius 2 is 1.89 bits per heavy atom. The number of nitrogens with one attached hydrogen (secondary N) is 2. The van der Waals surface area contributed by atoms with Crippen molar-refractivity contribution in [2.45, 2.75) is 19.4 Å². The minimum absolute atomic E-state index is 0.0601. The molecule has 0 atom stereocenters. The summed E-state index contributed by atoms with van der Waals surface area (Å²) in [6.45, 7) is 1.02. The lowest BCUT2D eigenvalue weighted by molar-refractivity contribution is -0.136. The second-order valence-corrected chi connectivity index (χ2v) is 6.52. The zero-order valence-electron chi connectivity index (χ0n) is 15.1. The molecule has 2 heterocycles. The Hall–Kier alpha value is -3.55. The van der Waals surface area contributed by atoms with Crippen LogP contribution in [-0.2, 0) is 20.9 Å². The van der Waals surface area contributed by atoms with Crippen molar-refractivity contribution in [1.29, 1.82) is 0 Å². The van der Waals surface area contributed by atoms with E-state index in [0.717, 1.165) is 12.0 Å². The maximum absolute atomic E-state index is 12.2. The predicted molar refractivity (Wildman–Crippen MR) is 101 cm³/mol. The van der Waals surface area contributed by atoms with Crippen LogP contribution in [0.5, 0.6) is 11.5 Å². The van der Waals surface area contributed by atoms with E-state index in [9.17, 15) is 14.4 Å². The van der Waals surface area contributed by atoms with E-state index in [1.54, 1.807) is 47.4 Å². The third-order valence-electron chi connectivity index (χ3n) is 4.59. The van der Waals surface area contributed by atoms with Crippen molar-refractivity contribution in [1.82, 2.24) is 5.32 Å². The molecule has 144 valence electrons. The standard InChI is InChI=1S/C20H19N3O5/c24-18-5-2-8-23(18)15-4-1-3-14(10-15)22-20(26)19(25)21-11-13-6-7-16-17(9-13)28-12-27-16/h1,3-4,6-7,9-10H,2,5,8,11-12H2,(H,21,25)(H,22,26). The summed E-state index contributed by atoms with van der Waals surface area (Å²) in [5.41, 5.74) is 1.96. The van der Waals surface area contributed by atoms with Crippen LogP contribution < -0.4 is 25.0 Å². The van der Waals surface area contributed by atoms with Gasteiger partial charge < -0.3 is 25.0 Å². The van der Waals surface area contributed by atoms with Crippen molar-refractivity contribution in [3.63, 3.8) is 0 Å². The number of ether oxygens (including phenoxy) is 2. The summed E-state index contributed by atoms with van der Waals surface area (Å²) >= 11 is 0. The summed E-state index contributed by atoms with van der Waals surface area (Å²) in [6, 6.07) is 12.2. The Balaban J connectivity index is 1.34. The van der Waals surface area contributed by atoms with Crippen molar-refractivity contribution >= 4 is 29.1 Å². The summed E-state index contributed by atoms with van der Waals surface area (Å²) in [7, 11) is 0. The average molecular weight is 381 g/mol. The number of fused-ring (bicyclic) bond motifs is 1. The molecule has 2 aliphatic rings. The maximum Gasteiger partial charge on any atom is 0.313 e. The summed E-state index contributed by atoms with van der Waals surface area (Å²) in [4.78, 5) is 37.8. The van der Waals surface area contributed by atoms with Gasteiger partial charge in [0.1, 0.15) is 0 Å². The van der Waals surface area contributed by atoms with Gasteiger partial charge in [-0.2, -0.15) is 0 Å². The molecular weight excluding hydrogens is 362 g/mol. The van der Waals surface area contributed by atoms with Gasteiger partial charge in [-0.3, -0.25) is 14.4 Å². The average Bonchev–Trinajstić information content (AvgIpc) is 3.34. The monoisotopic (exact) mass is 381 g/mol. The van der Waals surface area contributed by atoms with Crippen molar-refractivity contribution in [2.24, 2.45) is 0 Å². The van der Waals surface area contributed by atoms with Crippen LogP contribution in [0.2, 0.25) is 0 Å². The van der Waals surface area contributed by atoms with Gasteiger partial charge in [-0.05, 0) is 42.3 Å². The molecule has 0 unspecified atom stereocenters. The Morgan fingerprint density at radius 1 is 1.04 bits per heavy atom. The molecule has 8 nitrogen and oxygen atoms in total. The minimum Gasteiger partial charge on any atom is -0.454 e. The first-order valence-electron chi connectivity index (χ1n) is 8.98. The van der Waals surface area contributed by atoms with Crippen molar-refractivity contribution in [3.05, 3.63) is 48.0 Å². The molecule has 2 aromatic rings. The van der Waals surface area contributed by atoms with Crippen molar-refractivity contribution in [3.8, 4) is 11.5 Å². The van der Waals surface area contributed by atoms with E-state index in [4.69, 9.17) is 9.47 Å². The van der Waals surface area contributed by atoms with E-state index in [1.807, 2.05) is 0 Å². The van der Waals surface area contributed by atoms with Gasteiger partial charge in [0.2, 0.25) is 12.7 Å². The van der Waals surface area contributed by atoms with Crippen LogP contribution in [0, 0.1) is 0 Å². The molecular formula is C20H19N3O5. The quantitative estimate of drug-likeness (QED) is 0.787. The van der Waals surface area contributed by atoms with Crippen LogP contribution >= 0.6 is 0 Å². The highest BCUT2D eigenvalue weighted by atomic mass is 16.7. The summed E-state index contributed by atoms with van der Waals surface area (Å²) in [5.74, 6) is -0.190. The minimum atomic E-state index is -0.773. The smallest absolute Gasteiger partial charge is 0.313 e. The van der Waals surface area contributed by atoms with Gasteiger partial charge in [-0.25, -0.2) is 0 Å². The molecule has 0 radical (unpaired) electrons. The largest absolute Gasteiger partial charge is 0.454 e. The van der Waals surface area contributed by atoms with Gasteiger partial charge in [-0.15, -0.1) is 0 Å². The number of anilines is 2. The van der Waals surface area contributed by atoms with E-state index in [-0.39, 0.29) is 19.2 Å². The highest BCUT2D eigenvalue weighted by Gasteiger charge is 2.22. The lowest BCUT2D eigenvalue weighted by atomic mass is 10.2. The lowest BCUT2D eigenvalue weighted by Gasteiger charge is -2.16. The summed E-state index contributed by atoms with van der Waals surface area (Å²) in [5, 5.41) is 5.14. The molecule has 3 amide bonds. The Morgan fingerprint density at radius 3 is 2.71 bits per heavy atom. The molecule has 0 aliphatic carbocycles. The number of hydrogen-bond donors (Lipinski definition) is 2. The lowest BCUT2D eigenvalue weighted by Crippen LogP contribution is -2.35. The maximum atomic E-state index is 12.2. The molecule has 2 aromatic carbocycles. The fourth-order valence-corrected chi connectivity index (χ4v) is 3.17. The Bertz CT molecular complexity index is 943. The Labute approximate surface area is 161 Å². The zero-order chi connectivity index (χ0) is 19.5. The van der Waals surface area contributed by atoms with Crippen LogP contribution in [-0.4, -0.2) is 31.1 Å². The topological polar surface area (TPSA) is 97.0 Å². The highest BCUT2D eigenvalue weighted by Crippen LogP contribution is 2.32. The highest BCUT2D eigenvalue weighted by molar-refractivity contribution is 6.39. The van der Waals surface area contributed by atoms with Crippen LogP contribution in [0.3, 0.4) is 0 Å². The predicted octanol–water partition coefficient (Wildman–Crippen LogP) is 1.80. The SMILES string of the molecule is O=C(NCc1ccc2c(c1)OCO2)C(=O)Nc1cccc(N2CCCC2=O)c1. The number of amides is 3. The summed E-state index contributed by atoms with van der Waals surface area (Å²) in [6.07, 6.45) is 1.34. The summed E-state index contributed by atoms with van der Waals surface area (Å²) < 4.78 is 10.5. The van der Waals surface area contributed by atoms with Gasteiger partial charge in [0.15, 0.2) is 11.5 Å². The van der Waals surface area contributed by atoms with Crippen LogP contribution in [0.4, 0.5) is 11.4 Å². The Kier molecular flexibility index (Phi) is 4.84.